The first-order chi connectivity index (χ1) is 9.20. The molecule has 1 aliphatic heterocycles. The van der Waals surface area contributed by atoms with Crippen LogP contribution in [0.4, 0.5) is 5.69 Å². The van der Waals surface area contributed by atoms with Gasteiger partial charge in [-0.1, -0.05) is 19.1 Å². The summed E-state index contributed by atoms with van der Waals surface area (Å²) in [6.07, 6.45) is 1.08. The third kappa shape index (κ3) is 4.15. The molecule has 1 saturated heterocycles. The van der Waals surface area contributed by atoms with Crippen LogP contribution in [0, 0.1) is 3.57 Å². The first kappa shape index (κ1) is 14.7. The monoisotopic (exact) mass is 373 g/mol. The van der Waals surface area contributed by atoms with Crippen molar-refractivity contribution in [2.75, 3.05) is 31.5 Å². The third-order valence-corrected chi connectivity index (χ3v) is 4.22. The van der Waals surface area contributed by atoms with Gasteiger partial charge in [0.15, 0.2) is 0 Å². The minimum absolute atomic E-state index is 0.0736. The molecule has 2 N–H and O–H groups in total. The lowest BCUT2D eigenvalue weighted by Gasteiger charge is -2.37. The number of nitrogens with one attached hydrogen (secondary N) is 2. The van der Waals surface area contributed by atoms with Gasteiger partial charge in [-0.2, -0.15) is 0 Å². The second-order valence-electron chi connectivity index (χ2n) is 4.81. The summed E-state index contributed by atoms with van der Waals surface area (Å²) >= 11 is 2.24. The van der Waals surface area contributed by atoms with E-state index in [1.165, 1.54) is 0 Å². The maximum atomic E-state index is 12.1. The van der Waals surface area contributed by atoms with Gasteiger partial charge in [0.1, 0.15) is 0 Å². The normalized spacial score (nSPS) is 15.3. The van der Waals surface area contributed by atoms with Crippen LogP contribution in [0.1, 0.15) is 13.3 Å². The van der Waals surface area contributed by atoms with Crippen molar-refractivity contribution in [3.8, 4) is 0 Å². The predicted molar refractivity (Wildman–Crippen MR) is 86.3 cm³/mol. The van der Waals surface area contributed by atoms with Crippen molar-refractivity contribution in [3.05, 3.63) is 27.8 Å². The average molecular weight is 373 g/mol. The second kappa shape index (κ2) is 7.21. The summed E-state index contributed by atoms with van der Waals surface area (Å²) in [5.41, 5.74) is 0.899. The fourth-order valence-corrected chi connectivity index (χ4v) is 2.67. The van der Waals surface area contributed by atoms with Gasteiger partial charge in [-0.3, -0.25) is 9.69 Å². The highest BCUT2D eigenvalue weighted by Gasteiger charge is 2.25. The number of hydrogen-bond acceptors (Lipinski definition) is 3. The SMILES string of the molecule is CCCN(CC(=O)Nc1ccccc1I)C1CNC1. The summed E-state index contributed by atoms with van der Waals surface area (Å²) < 4.78 is 1.07. The van der Waals surface area contributed by atoms with Crippen LogP contribution in [0.25, 0.3) is 0 Å². The largest absolute Gasteiger partial charge is 0.324 e. The zero-order valence-electron chi connectivity index (χ0n) is 11.2. The molecule has 0 spiro atoms. The Morgan fingerprint density at radius 2 is 2.21 bits per heavy atom. The Bertz CT molecular complexity index is 434. The van der Waals surface area contributed by atoms with E-state index in [0.29, 0.717) is 12.6 Å². The number of nitrogens with zero attached hydrogens (tertiary/aromatic N) is 1. The molecule has 0 aliphatic carbocycles. The first-order valence-corrected chi connectivity index (χ1v) is 7.77. The molecule has 19 heavy (non-hydrogen) atoms. The average Bonchev–Trinajstić information content (AvgIpc) is 2.30. The molecule has 1 heterocycles. The molecule has 0 unspecified atom stereocenters. The fraction of sp³-hybridized carbons (Fsp3) is 0.500. The molecule has 5 heteroatoms. The van der Waals surface area contributed by atoms with Crippen molar-refractivity contribution in [1.29, 1.82) is 0 Å². The summed E-state index contributed by atoms with van der Waals surface area (Å²) in [5, 5.41) is 6.25. The Morgan fingerprint density at radius 1 is 1.47 bits per heavy atom. The molecule has 1 aliphatic rings. The number of halogens is 1. The van der Waals surface area contributed by atoms with E-state index in [0.717, 1.165) is 35.3 Å². The van der Waals surface area contributed by atoms with Crippen LogP contribution in [-0.4, -0.2) is 43.0 Å². The third-order valence-electron chi connectivity index (χ3n) is 3.28. The van der Waals surface area contributed by atoms with Gasteiger partial charge in [-0.25, -0.2) is 0 Å². The number of carbonyl (C=O) groups is 1. The number of carbonyl (C=O) groups excluding carboxylic acids is 1. The van der Waals surface area contributed by atoms with Crippen molar-refractivity contribution in [2.45, 2.75) is 19.4 Å². The summed E-state index contributed by atoms with van der Waals surface area (Å²) in [6.45, 7) is 5.60. The van der Waals surface area contributed by atoms with Crippen LogP contribution in [-0.2, 0) is 4.79 Å². The molecule has 1 aromatic rings. The van der Waals surface area contributed by atoms with Crippen molar-refractivity contribution in [1.82, 2.24) is 10.2 Å². The predicted octanol–water partition coefficient (Wildman–Crippen LogP) is 1.91. The van der Waals surface area contributed by atoms with Gasteiger partial charge in [0.25, 0.3) is 0 Å². The molecule has 1 fully saturated rings. The van der Waals surface area contributed by atoms with Crippen LogP contribution in [0.3, 0.4) is 0 Å². The zero-order chi connectivity index (χ0) is 13.7. The van der Waals surface area contributed by atoms with Gasteiger partial charge < -0.3 is 10.6 Å². The van der Waals surface area contributed by atoms with Gasteiger partial charge in [0.2, 0.25) is 5.91 Å². The number of benzene rings is 1. The van der Waals surface area contributed by atoms with Gasteiger partial charge >= 0.3 is 0 Å². The number of hydrogen-bond donors (Lipinski definition) is 2. The maximum absolute atomic E-state index is 12.1. The van der Waals surface area contributed by atoms with Crippen LogP contribution < -0.4 is 10.6 Å². The van der Waals surface area contributed by atoms with Crippen LogP contribution in [0.5, 0.6) is 0 Å². The number of anilines is 1. The Labute approximate surface area is 128 Å². The van der Waals surface area contributed by atoms with E-state index in [2.05, 4.69) is 45.0 Å². The first-order valence-electron chi connectivity index (χ1n) is 6.70. The van der Waals surface area contributed by atoms with Gasteiger partial charge in [0, 0.05) is 22.7 Å². The highest BCUT2D eigenvalue weighted by atomic mass is 127. The quantitative estimate of drug-likeness (QED) is 0.749. The van der Waals surface area contributed by atoms with Crippen molar-refractivity contribution in [3.63, 3.8) is 0 Å². The van der Waals surface area contributed by atoms with E-state index < -0.39 is 0 Å². The maximum Gasteiger partial charge on any atom is 0.238 e. The lowest BCUT2D eigenvalue weighted by molar-refractivity contribution is -0.118. The Hall–Kier alpha value is -0.660. The summed E-state index contributed by atoms with van der Waals surface area (Å²) in [5.74, 6) is 0.0736. The minimum Gasteiger partial charge on any atom is -0.324 e. The van der Waals surface area contributed by atoms with E-state index in [-0.39, 0.29) is 5.91 Å². The van der Waals surface area contributed by atoms with E-state index >= 15 is 0 Å². The van der Waals surface area contributed by atoms with Gasteiger partial charge in [-0.05, 0) is 47.7 Å². The number of rotatable bonds is 6. The van der Waals surface area contributed by atoms with Gasteiger partial charge in [0.05, 0.1) is 12.2 Å². The van der Waals surface area contributed by atoms with Crippen LogP contribution >= 0.6 is 22.6 Å². The topological polar surface area (TPSA) is 44.4 Å². The number of amides is 1. The molecule has 1 aromatic carbocycles. The van der Waals surface area contributed by atoms with E-state index in [1.807, 2.05) is 24.3 Å². The van der Waals surface area contributed by atoms with Crippen LogP contribution in [0.15, 0.2) is 24.3 Å². The second-order valence-corrected chi connectivity index (χ2v) is 5.97. The van der Waals surface area contributed by atoms with Gasteiger partial charge in [-0.15, -0.1) is 0 Å². The smallest absolute Gasteiger partial charge is 0.238 e. The Kier molecular flexibility index (Phi) is 5.59. The van der Waals surface area contributed by atoms with Crippen molar-refractivity contribution >= 4 is 34.2 Å². The number of para-hydroxylation sites is 1. The molecule has 104 valence electrons. The van der Waals surface area contributed by atoms with E-state index in [4.69, 9.17) is 0 Å². The molecule has 2 rings (SSSR count). The highest BCUT2D eigenvalue weighted by molar-refractivity contribution is 14.1. The Morgan fingerprint density at radius 3 is 2.79 bits per heavy atom. The van der Waals surface area contributed by atoms with Crippen molar-refractivity contribution in [2.24, 2.45) is 0 Å². The molecule has 0 aromatic heterocycles. The zero-order valence-corrected chi connectivity index (χ0v) is 13.3. The molecule has 0 bridgehead atoms. The molecule has 1 amide bonds. The highest BCUT2D eigenvalue weighted by Crippen LogP contribution is 2.17. The molecule has 0 atom stereocenters. The summed E-state index contributed by atoms with van der Waals surface area (Å²) in [4.78, 5) is 14.4. The van der Waals surface area contributed by atoms with Crippen LogP contribution in [0.2, 0.25) is 0 Å². The van der Waals surface area contributed by atoms with E-state index in [1.54, 1.807) is 0 Å². The van der Waals surface area contributed by atoms with Crippen molar-refractivity contribution < 1.29 is 4.79 Å². The summed E-state index contributed by atoms with van der Waals surface area (Å²) in [6, 6.07) is 8.36. The standard InChI is InChI=1S/C14H20IN3O/c1-2-7-18(11-8-16-9-11)10-14(19)17-13-6-4-3-5-12(13)15/h3-6,11,16H,2,7-10H2,1H3,(H,17,19). The molecular weight excluding hydrogens is 353 g/mol. The van der Waals surface area contributed by atoms with E-state index in [9.17, 15) is 4.79 Å². The summed E-state index contributed by atoms with van der Waals surface area (Å²) in [7, 11) is 0. The lowest BCUT2D eigenvalue weighted by Crippen LogP contribution is -2.58. The lowest BCUT2D eigenvalue weighted by atomic mass is 10.1. The molecule has 4 nitrogen and oxygen atoms in total. The minimum atomic E-state index is 0.0736. The molecule has 0 saturated carbocycles. The molecule has 0 radical (unpaired) electrons. The fourth-order valence-electron chi connectivity index (χ4n) is 2.15. The molecular formula is C14H20IN3O. The Balaban J connectivity index is 1.90.